The summed E-state index contributed by atoms with van der Waals surface area (Å²) in [6, 6.07) is 20.1. The Bertz CT molecular complexity index is 677. The number of hydrogen-bond donors (Lipinski definition) is 0. The second-order valence-electron chi connectivity index (χ2n) is 4.47. The van der Waals surface area contributed by atoms with Crippen LogP contribution < -0.4 is 0 Å². The molecule has 0 atom stereocenters. The number of aryl methyl sites for hydroxylation is 1. The maximum absolute atomic E-state index is 6.01. The first-order valence-electron chi connectivity index (χ1n) is 6.55. The Balaban J connectivity index is 2.08. The van der Waals surface area contributed by atoms with Gasteiger partial charge in [0.25, 0.3) is 0 Å². The molecule has 0 fully saturated rings. The highest BCUT2D eigenvalue weighted by Crippen LogP contribution is 2.30. The van der Waals surface area contributed by atoms with Crippen LogP contribution in [0.25, 0.3) is 22.8 Å². The fourth-order valence-electron chi connectivity index (χ4n) is 2.13. The predicted molar refractivity (Wildman–Crippen MR) is 84.9 cm³/mol. The van der Waals surface area contributed by atoms with Gasteiger partial charge in [-0.1, -0.05) is 64.5 Å². The molecule has 0 saturated carbocycles. The summed E-state index contributed by atoms with van der Waals surface area (Å²) in [4.78, 5) is 4.65. The molecule has 0 N–H and O–H groups in total. The summed E-state index contributed by atoms with van der Waals surface area (Å²) in [6.45, 7) is 0. The van der Waals surface area contributed by atoms with Gasteiger partial charge in [0.2, 0.25) is 5.89 Å². The third-order valence-electron chi connectivity index (χ3n) is 3.09. The minimum absolute atomic E-state index is 0.681. The fourth-order valence-corrected chi connectivity index (χ4v) is 2.51. The average Bonchev–Trinajstić information content (AvgIpc) is 2.94. The fraction of sp³-hybridized carbons (Fsp3) is 0.118. The molecule has 0 aliphatic rings. The van der Waals surface area contributed by atoms with Crippen molar-refractivity contribution >= 4 is 15.9 Å². The zero-order chi connectivity index (χ0) is 13.8. The van der Waals surface area contributed by atoms with E-state index in [4.69, 9.17) is 4.42 Å². The van der Waals surface area contributed by atoms with Crippen LogP contribution in [0.4, 0.5) is 0 Å². The molecule has 0 amide bonds. The molecule has 0 radical (unpaired) electrons. The Kier molecular flexibility index (Phi) is 3.97. The van der Waals surface area contributed by atoms with Crippen LogP contribution in [0.1, 0.15) is 5.69 Å². The van der Waals surface area contributed by atoms with Gasteiger partial charge in [-0.05, 0) is 12.1 Å². The van der Waals surface area contributed by atoms with Crippen molar-refractivity contribution in [3.63, 3.8) is 0 Å². The number of halogens is 1. The quantitative estimate of drug-likeness (QED) is 0.634. The highest BCUT2D eigenvalue weighted by atomic mass is 79.9. The normalized spacial score (nSPS) is 10.7. The number of hydrogen-bond acceptors (Lipinski definition) is 2. The van der Waals surface area contributed by atoms with Crippen LogP contribution in [-0.2, 0) is 6.42 Å². The van der Waals surface area contributed by atoms with Crippen LogP contribution in [0.15, 0.2) is 65.1 Å². The lowest BCUT2D eigenvalue weighted by molar-refractivity contribution is 0.587. The SMILES string of the molecule is BrCCc1nc(-c2ccccc2)oc1-c1ccccc1. The standard InChI is InChI=1S/C17H14BrNO/c18-12-11-15-16(13-7-3-1-4-8-13)20-17(19-15)14-9-5-2-6-10-14/h1-10H,11-12H2. The molecule has 3 aromatic rings. The number of nitrogens with zero attached hydrogens (tertiary/aromatic N) is 1. The van der Waals surface area contributed by atoms with Gasteiger partial charge in [0.05, 0.1) is 5.69 Å². The molecule has 3 heteroatoms. The molecule has 0 aliphatic carbocycles. The van der Waals surface area contributed by atoms with E-state index in [0.717, 1.165) is 34.3 Å². The summed E-state index contributed by atoms with van der Waals surface area (Å²) >= 11 is 3.48. The van der Waals surface area contributed by atoms with Crippen LogP contribution in [-0.4, -0.2) is 10.3 Å². The van der Waals surface area contributed by atoms with E-state index in [1.807, 2.05) is 60.7 Å². The predicted octanol–water partition coefficient (Wildman–Crippen LogP) is 4.95. The van der Waals surface area contributed by atoms with Crippen LogP contribution in [0.2, 0.25) is 0 Å². The molecule has 3 rings (SSSR count). The molecule has 2 aromatic carbocycles. The van der Waals surface area contributed by atoms with Gasteiger partial charge in [0.1, 0.15) is 0 Å². The Hall–Kier alpha value is -1.87. The number of oxazole rings is 1. The molecule has 0 bridgehead atoms. The van der Waals surface area contributed by atoms with Crippen molar-refractivity contribution in [3.8, 4) is 22.8 Å². The minimum Gasteiger partial charge on any atom is -0.436 e. The van der Waals surface area contributed by atoms with Crippen molar-refractivity contribution in [3.05, 3.63) is 66.4 Å². The second kappa shape index (κ2) is 6.06. The Morgan fingerprint density at radius 1 is 0.850 bits per heavy atom. The summed E-state index contributed by atoms with van der Waals surface area (Å²) < 4.78 is 6.01. The average molecular weight is 328 g/mol. The minimum atomic E-state index is 0.681. The summed E-state index contributed by atoms with van der Waals surface area (Å²) in [6.07, 6.45) is 0.848. The summed E-state index contributed by atoms with van der Waals surface area (Å²) in [5.41, 5.74) is 3.07. The topological polar surface area (TPSA) is 26.0 Å². The van der Waals surface area contributed by atoms with Gasteiger partial charge in [0, 0.05) is 22.9 Å². The summed E-state index contributed by atoms with van der Waals surface area (Å²) in [5, 5.41) is 0.869. The van der Waals surface area contributed by atoms with Crippen LogP contribution >= 0.6 is 15.9 Å². The third kappa shape index (κ3) is 2.68. The Labute approximate surface area is 126 Å². The Morgan fingerprint density at radius 2 is 1.45 bits per heavy atom. The monoisotopic (exact) mass is 327 g/mol. The molecule has 20 heavy (non-hydrogen) atoms. The molecule has 0 saturated heterocycles. The van der Waals surface area contributed by atoms with E-state index >= 15 is 0 Å². The van der Waals surface area contributed by atoms with Gasteiger partial charge in [-0.3, -0.25) is 0 Å². The smallest absolute Gasteiger partial charge is 0.227 e. The molecule has 0 spiro atoms. The molecular weight excluding hydrogens is 314 g/mol. The molecule has 0 aliphatic heterocycles. The van der Waals surface area contributed by atoms with Crippen molar-refractivity contribution in [2.75, 3.05) is 5.33 Å². The first-order valence-corrected chi connectivity index (χ1v) is 7.67. The van der Waals surface area contributed by atoms with Crippen LogP contribution in [0, 0.1) is 0 Å². The number of alkyl halides is 1. The first kappa shape index (κ1) is 13.1. The summed E-state index contributed by atoms with van der Waals surface area (Å²) in [5.74, 6) is 1.55. The lowest BCUT2D eigenvalue weighted by atomic mass is 10.1. The van der Waals surface area contributed by atoms with Crippen LogP contribution in [0.5, 0.6) is 0 Å². The summed E-state index contributed by atoms with van der Waals surface area (Å²) in [7, 11) is 0. The van der Waals surface area contributed by atoms with Crippen molar-refractivity contribution in [2.24, 2.45) is 0 Å². The third-order valence-corrected chi connectivity index (χ3v) is 3.48. The maximum atomic E-state index is 6.01. The number of rotatable bonds is 4. The molecule has 2 nitrogen and oxygen atoms in total. The van der Waals surface area contributed by atoms with E-state index in [-0.39, 0.29) is 0 Å². The van der Waals surface area contributed by atoms with Crippen molar-refractivity contribution in [2.45, 2.75) is 6.42 Å². The van der Waals surface area contributed by atoms with Gasteiger partial charge in [-0.2, -0.15) is 0 Å². The molecule has 1 aromatic heterocycles. The zero-order valence-corrected chi connectivity index (χ0v) is 12.5. The van der Waals surface area contributed by atoms with E-state index in [1.54, 1.807) is 0 Å². The van der Waals surface area contributed by atoms with Gasteiger partial charge in [-0.15, -0.1) is 0 Å². The lowest BCUT2D eigenvalue weighted by Gasteiger charge is -1.98. The molecule has 100 valence electrons. The van der Waals surface area contributed by atoms with E-state index in [2.05, 4.69) is 20.9 Å². The molecule has 1 heterocycles. The maximum Gasteiger partial charge on any atom is 0.227 e. The van der Waals surface area contributed by atoms with Gasteiger partial charge in [0.15, 0.2) is 5.76 Å². The number of aromatic nitrogens is 1. The highest BCUT2D eigenvalue weighted by molar-refractivity contribution is 9.09. The van der Waals surface area contributed by atoms with E-state index in [1.165, 1.54) is 0 Å². The van der Waals surface area contributed by atoms with Crippen molar-refractivity contribution in [1.29, 1.82) is 0 Å². The molecule has 0 unspecified atom stereocenters. The Morgan fingerprint density at radius 3 is 2.05 bits per heavy atom. The van der Waals surface area contributed by atoms with Gasteiger partial charge < -0.3 is 4.42 Å². The highest BCUT2D eigenvalue weighted by Gasteiger charge is 2.15. The van der Waals surface area contributed by atoms with E-state index in [9.17, 15) is 0 Å². The van der Waals surface area contributed by atoms with E-state index < -0.39 is 0 Å². The largest absolute Gasteiger partial charge is 0.436 e. The van der Waals surface area contributed by atoms with E-state index in [0.29, 0.717) is 5.89 Å². The van der Waals surface area contributed by atoms with Crippen molar-refractivity contribution in [1.82, 2.24) is 4.98 Å². The van der Waals surface area contributed by atoms with Gasteiger partial charge >= 0.3 is 0 Å². The molecular formula is C17H14BrNO. The lowest BCUT2D eigenvalue weighted by Crippen LogP contribution is -1.89. The number of benzene rings is 2. The van der Waals surface area contributed by atoms with Crippen LogP contribution in [0.3, 0.4) is 0 Å². The zero-order valence-electron chi connectivity index (χ0n) is 10.9. The second-order valence-corrected chi connectivity index (χ2v) is 5.26. The van der Waals surface area contributed by atoms with Crippen molar-refractivity contribution < 1.29 is 4.42 Å². The first-order chi connectivity index (χ1) is 9.88. The van der Waals surface area contributed by atoms with Gasteiger partial charge in [-0.25, -0.2) is 4.98 Å².